The number of carbonyl (C=O) groups is 3. The zero-order chi connectivity index (χ0) is 97.9. The van der Waals surface area contributed by atoms with Crippen molar-refractivity contribution in [3.63, 3.8) is 0 Å². The maximum Gasteiger partial charge on any atom is 0.496 e. The van der Waals surface area contributed by atoms with Crippen molar-refractivity contribution < 1.29 is 77.4 Å². The van der Waals surface area contributed by atoms with Crippen molar-refractivity contribution in [3.8, 4) is 33.8 Å². The molecule has 0 radical (unpaired) electrons. The van der Waals surface area contributed by atoms with Crippen molar-refractivity contribution in [2.45, 2.75) is 237 Å². The van der Waals surface area contributed by atoms with Crippen molar-refractivity contribution in [2.75, 3.05) is 90.0 Å². The molecule has 13 aliphatic rings. The van der Waals surface area contributed by atoms with Gasteiger partial charge in [-0.1, -0.05) is 40.9 Å². The molecule has 11 saturated heterocycles. The van der Waals surface area contributed by atoms with Gasteiger partial charge >= 0.3 is 43.9 Å². The smallest absolute Gasteiger partial charge is 0.444 e. The van der Waals surface area contributed by atoms with E-state index in [-0.39, 0.29) is 151 Å². The number of piperazine rings is 3. The molecular formula is C86H106BCl8F9N24O8. The zero-order valence-electron chi connectivity index (χ0n) is 76.5. The average molecular weight is 2070 g/mol. The molecule has 13 fully saturated rings. The number of halogens is 17. The van der Waals surface area contributed by atoms with Crippen LogP contribution < -0.4 is 53.7 Å². The predicted octanol–water partition coefficient (Wildman–Crippen LogP) is 17.3. The van der Waals surface area contributed by atoms with Gasteiger partial charge in [0.1, 0.15) is 67.2 Å². The third kappa shape index (κ3) is 26.5. The molecule has 11 aliphatic heterocycles. The largest absolute Gasteiger partial charge is 0.496 e. The van der Waals surface area contributed by atoms with Crippen molar-refractivity contribution in [1.29, 1.82) is 0 Å². The Hall–Kier alpha value is -9.08. The first kappa shape index (κ1) is 107. The summed E-state index contributed by atoms with van der Waals surface area (Å²) in [4.78, 5) is 96.0. The summed E-state index contributed by atoms with van der Waals surface area (Å²) in [5, 5.41) is 7.05. The number of rotatable bonds is 7. The SMILES string of the molecule is C1NC2CC1C2.CC(C)(C)OC(=O)N1C[C@@H]2C[C@H]1CN2.CC(C)(C)OC(=O)N1C[C@@H]2C[C@H]1CN2c1cc(-c2cnc(N)c(C(F)(F)F)c2)nc(Cl)n1.CC(C)(C)OC(=O)N1C[C@@H]2C[C@H]1CN2c1cc(-c2cnc(N)c(C(F)(F)F)c2)nc(N2CC3CC2C3)n1.Cc1cc(B2OC(C)(C)C(C)(C)O2)cnc1N.Cl.Cl.Clc1cc(Cl)nc(Cl)n1.Nc1ncc(-c2cc(Cl)nc(Cl)n2)cc1C(F)(F)F. The first-order chi connectivity index (χ1) is 62.3. The third-order valence-electron chi connectivity index (χ3n) is 24.2. The molecule has 6 atom stereocenters. The molecule has 8 aromatic rings. The number of pyridine rings is 4. The van der Waals surface area contributed by atoms with Crippen LogP contribution in [0.1, 0.15) is 157 Å². The van der Waals surface area contributed by atoms with E-state index in [1.807, 2.05) is 113 Å². The number of hydrogen-bond donors (Lipinski definition) is 6. The molecule has 19 heterocycles. The standard InChI is InChI=1S/C25H30F3N7O2.C20H22ClF3N6O2.C12H19BN2O2.C10H5Cl2F3N4.C10H18N2O2.C5H9N.C4HCl3N2.2ClH/c1-24(2,3)37-23(36)35-12-16-7-17(35)11-33(16)20-8-19(14-6-18(25(26,27)28)21(29)30-9-14)31-22(32-20)34-10-13-4-15(34)5-13;1-19(2,3)32-18(31)30-9-11-5-12(30)8-29(11)15-6-14(27-17(21)28-15)10-4-13(20(22,23)24)16(25)26-7-10;1-8-6-9(7-15-10(8)14)13-16-11(2,3)12(4,5)17-13;11-7-2-6(18-9(12)19-7)4-1-5(10(13,14)15)8(16)17-3-4;1-10(2,3)14-9(13)12-6-7-4-8(12)5-11-7;1-4-2-5(1)6-3-4;5-2-1-3(6)9-4(7)8-2;;/h6,8-9,13,15-17H,4-5,7,10-12H2,1-3H3,(H2,29,30);4,6-7,11-12H,5,8-9H2,1-3H3,(H2,25,26);6-7H,1-5H3,(H2,14,15);1-3H,(H2,16,17);7-8,11H,4-6H2,1-3H3;4-6H,1-3H2;1H;2*1H/t13?,15?,16-,17-;11-,12-;;;7-,8-;;;;/m00..0..../s1. The van der Waals surface area contributed by atoms with Gasteiger partial charge in [0, 0.05) is 141 Å². The number of ether oxygens (including phenoxy) is 3. The number of fused-ring (bicyclic) bond motifs is 8. The molecule has 10 N–H and O–H groups in total. The Labute approximate surface area is 822 Å². The molecule has 21 rings (SSSR count). The van der Waals surface area contributed by atoms with Crippen LogP contribution in [0.15, 0.2) is 73.3 Å². The summed E-state index contributed by atoms with van der Waals surface area (Å²) >= 11 is 33.6. The Balaban J connectivity index is 0.000000162. The van der Waals surface area contributed by atoms with Gasteiger partial charge in [-0.3, -0.25) is 0 Å². The van der Waals surface area contributed by atoms with E-state index in [0.717, 1.165) is 99.1 Å². The molecule has 2 saturated carbocycles. The van der Waals surface area contributed by atoms with E-state index in [1.165, 1.54) is 43.9 Å². The number of anilines is 7. The molecule has 2 aliphatic carbocycles. The predicted molar refractivity (Wildman–Crippen MR) is 506 cm³/mol. The fraction of sp³-hybridized carbons (Fsp3) is 0.547. The van der Waals surface area contributed by atoms with Gasteiger partial charge in [0.05, 0.1) is 69.1 Å². The minimum Gasteiger partial charge on any atom is -0.444 e. The fourth-order valence-corrected chi connectivity index (χ4v) is 18.2. The second kappa shape index (κ2) is 41.8. The normalized spacial score (nSPS) is 22.6. The molecule has 8 aromatic heterocycles. The summed E-state index contributed by atoms with van der Waals surface area (Å²) in [7, 11) is -0.369. The highest BCUT2D eigenvalue weighted by molar-refractivity contribution is 6.62. The number of likely N-dealkylation sites (tertiary alicyclic amines) is 3. The van der Waals surface area contributed by atoms with Crippen molar-refractivity contribution in [1.82, 2.24) is 85.1 Å². The first-order valence-electron chi connectivity index (χ1n) is 43.1. The van der Waals surface area contributed by atoms with Crippen molar-refractivity contribution in [2.24, 2.45) is 11.8 Å². The highest BCUT2D eigenvalue weighted by Gasteiger charge is 2.54. The number of nitrogens with zero attached hydrogens (tertiary/aromatic N) is 18. The van der Waals surface area contributed by atoms with Gasteiger partial charge in [-0.05, 0) is 219 Å². The molecule has 0 aromatic carbocycles. The zero-order valence-corrected chi connectivity index (χ0v) is 82.7. The Morgan fingerprint density at radius 1 is 0.412 bits per heavy atom. The van der Waals surface area contributed by atoms with Gasteiger partial charge in [-0.15, -0.1) is 24.8 Å². The van der Waals surface area contributed by atoms with E-state index in [9.17, 15) is 53.9 Å². The highest BCUT2D eigenvalue weighted by Crippen LogP contribution is 2.47. The van der Waals surface area contributed by atoms with E-state index in [0.29, 0.717) is 79.3 Å². The van der Waals surface area contributed by atoms with Crippen molar-refractivity contribution >= 4 is 166 Å². The van der Waals surface area contributed by atoms with Gasteiger partial charge in [0.15, 0.2) is 0 Å². The molecular weight excluding hydrogens is 1960 g/mol. The first-order valence-corrected chi connectivity index (χ1v) is 45.3. The number of aromatic nitrogens is 12. The Kier molecular flexibility index (Phi) is 33.0. The van der Waals surface area contributed by atoms with Gasteiger partial charge in [0.25, 0.3) is 0 Å². The summed E-state index contributed by atoms with van der Waals surface area (Å²) in [6.45, 7) is 32.6. The van der Waals surface area contributed by atoms with E-state index >= 15 is 0 Å². The van der Waals surface area contributed by atoms with Crippen LogP contribution in [0.3, 0.4) is 0 Å². The van der Waals surface area contributed by atoms with Crippen LogP contribution in [0.2, 0.25) is 31.3 Å². The number of alkyl halides is 9. The highest BCUT2D eigenvalue weighted by atomic mass is 35.5. The lowest BCUT2D eigenvalue weighted by molar-refractivity contribution is -0.137. The summed E-state index contributed by atoms with van der Waals surface area (Å²) in [6, 6.07) is 12.8. The van der Waals surface area contributed by atoms with E-state index < -0.39 is 63.9 Å². The van der Waals surface area contributed by atoms with Crippen LogP contribution in [0, 0.1) is 18.8 Å². The number of nitrogens with one attached hydrogen (secondary N) is 2. The van der Waals surface area contributed by atoms with Crippen LogP contribution in [-0.2, 0) is 42.0 Å². The Morgan fingerprint density at radius 2 is 0.801 bits per heavy atom. The van der Waals surface area contributed by atoms with Crippen LogP contribution in [0.25, 0.3) is 33.8 Å². The van der Waals surface area contributed by atoms with E-state index in [4.69, 9.17) is 121 Å². The monoisotopic (exact) mass is 2060 g/mol. The lowest BCUT2D eigenvalue weighted by Crippen LogP contribution is -2.50. The van der Waals surface area contributed by atoms with Crippen LogP contribution in [-0.4, -0.2) is 229 Å². The topological polar surface area (TPSA) is 400 Å². The van der Waals surface area contributed by atoms with Crippen LogP contribution in [0.4, 0.5) is 94.8 Å². The molecule has 0 spiro atoms. The average Bonchev–Trinajstić information content (AvgIpc) is 1.59. The number of carbonyl (C=O) groups excluding carboxylic acids is 3. The Morgan fingerprint density at radius 3 is 1.14 bits per heavy atom. The number of nitrogen functional groups attached to an aromatic ring is 4. The van der Waals surface area contributed by atoms with E-state index in [2.05, 4.69) is 75.3 Å². The summed E-state index contributed by atoms with van der Waals surface area (Å²) in [6.07, 6.45) is -1.60. The second-order valence-electron chi connectivity index (χ2n) is 38.3. The van der Waals surface area contributed by atoms with Gasteiger partial charge in [-0.2, -0.15) is 44.5 Å². The second-order valence-corrected chi connectivity index (χ2v) is 40.5. The Bertz CT molecular complexity index is 5550. The number of aryl methyl sites for hydroxylation is 1. The maximum atomic E-state index is 13.5. The van der Waals surface area contributed by atoms with Crippen LogP contribution >= 0.6 is 94.4 Å². The molecule has 10 bridgehead atoms. The van der Waals surface area contributed by atoms with Crippen LogP contribution in [0.5, 0.6) is 0 Å². The molecule has 136 heavy (non-hydrogen) atoms. The number of amides is 3. The lowest BCUT2D eigenvalue weighted by Gasteiger charge is -2.36. The maximum absolute atomic E-state index is 13.5. The van der Waals surface area contributed by atoms with E-state index in [1.54, 1.807) is 28.1 Å². The van der Waals surface area contributed by atoms with Crippen molar-refractivity contribution in [3.05, 3.63) is 127 Å². The molecule has 50 heteroatoms. The number of nitrogens with two attached hydrogens (primary N) is 4. The molecule has 32 nitrogen and oxygen atoms in total. The number of hydrogen-bond acceptors (Lipinski definition) is 29. The minimum absolute atomic E-state index is 0. The van der Waals surface area contributed by atoms with Gasteiger partial charge in [-0.25, -0.2) is 69.2 Å². The molecule has 0 unspecified atom stereocenters. The van der Waals surface area contributed by atoms with Gasteiger partial charge < -0.3 is 86.5 Å². The summed E-state index contributed by atoms with van der Waals surface area (Å²) in [5.74, 6) is 2.09. The fourth-order valence-electron chi connectivity index (χ4n) is 17.0. The minimum atomic E-state index is -4.65. The quantitative estimate of drug-likeness (QED) is 0.0284. The summed E-state index contributed by atoms with van der Waals surface area (Å²) in [5.41, 5.74) is 19.5. The molecule has 3 amide bonds. The molecule has 740 valence electrons. The summed E-state index contributed by atoms with van der Waals surface area (Å²) < 4.78 is 147. The lowest BCUT2D eigenvalue weighted by atomic mass is 9.80. The third-order valence-corrected chi connectivity index (χ3v) is 25.3. The van der Waals surface area contributed by atoms with Gasteiger partial charge in [0.2, 0.25) is 21.8 Å².